The number of rotatable bonds is 3. The molecule has 100 valence electrons. The molecule has 1 nitrogen and oxygen atoms in total. The summed E-state index contributed by atoms with van der Waals surface area (Å²) in [6, 6.07) is 9.61. The second kappa shape index (κ2) is 6.17. The van der Waals surface area contributed by atoms with Crippen LogP contribution in [0.5, 0.6) is 11.5 Å². The van der Waals surface area contributed by atoms with Gasteiger partial charge in [0.25, 0.3) is 0 Å². The Morgan fingerprint density at radius 2 is 1.74 bits per heavy atom. The Morgan fingerprint density at radius 3 is 2.26 bits per heavy atom. The van der Waals surface area contributed by atoms with Crippen molar-refractivity contribution in [3.63, 3.8) is 0 Å². The molecular formula is C15H13BrCl2O. The van der Waals surface area contributed by atoms with Crippen molar-refractivity contribution < 1.29 is 4.74 Å². The molecule has 0 heterocycles. The van der Waals surface area contributed by atoms with Gasteiger partial charge >= 0.3 is 0 Å². The van der Waals surface area contributed by atoms with E-state index in [9.17, 15) is 0 Å². The normalized spacial score (nSPS) is 10.6. The lowest BCUT2D eigenvalue weighted by molar-refractivity contribution is 0.472. The smallest absolute Gasteiger partial charge is 0.141 e. The molecule has 0 radical (unpaired) electrons. The van der Waals surface area contributed by atoms with Gasteiger partial charge in [0.15, 0.2) is 0 Å². The molecular weight excluding hydrogens is 347 g/mol. The van der Waals surface area contributed by atoms with E-state index in [0.29, 0.717) is 5.88 Å². The quantitative estimate of drug-likeness (QED) is 0.588. The Kier molecular flexibility index (Phi) is 4.77. The molecule has 0 saturated carbocycles. The van der Waals surface area contributed by atoms with Crippen LogP contribution in [0.2, 0.25) is 5.02 Å². The van der Waals surface area contributed by atoms with Gasteiger partial charge in [0.05, 0.1) is 4.47 Å². The lowest BCUT2D eigenvalue weighted by Gasteiger charge is -2.14. The maximum Gasteiger partial charge on any atom is 0.141 e. The van der Waals surface area contributed by atoms with Crippen LogP contribution in [0.25, 0.3) is 0 Å². The van der Waals surface area contributed by atoms with E-state index >= 15 is 0 Å². The summed E-state index contributed by atoms with van der Waals surface area (Å²) in [4.78, 5) is 0. The molecule has 0 aliphatic heterocycles. The van der Waals surface area contributed by atoms with Crippen molar-refractivity contribution in [2.45, 2.75) is 19.7 Å². The Hall–Kier alpha value is -0.700. The van der Waals surface area contributed by atoms with Gasteiger partial charge in [-0.05, 0) is 70.7 Å². The molecule has 0 N–H and O–H groups in total. The minimum atomic E-state index is 0.484. The molecule has 4 heteroatoms. The summed E-state index contributed by atoms with van der Waals surface area (Å²) < 4.78 is 6.86. The lowest BCUT2D eigenvalue weighted by Crippen LogP contribution is -1.92. The van der Waals surface area contributed by atoms with Crippen LogP contribution in [-0.4, -0.2) is 0 Å². The zero-order valence-corrected chi connectivity index (χ0v) is 13.7. The number of alkyl halides is 1. The second-order valence-electron chi connectivity index (χ2n) is 4.37. The summed E-state index contributed by atoms with van der Waals surface area (Å²) in [7, 11) is 0. The zero-order chi connectivity index (χ0) is 14.0. The Morgan fingerprint density at radius 1 is 1.11 bits per heavy atom. The Bertz CT molecular complexity index is 588. The highest BCUT2D eigenvalue weighted by atomic mass is 79.9. The third kappa shape index (κ3) is 3.44. The SMILES string of the molecule is Cc1cc(Cl)cc(C)c1Oc1ccc(CCl)cc1Br. The molecule has 0 saturated heterocycles. The fraction of sp³-hybridized carbons (Fsp3) is 0.200. The van der Waals surface area contributed by atoms with Crippen LogP contribution in [-0.2, 0) is 5.88 Å². The number of ether oxygens (including phenoxy) is 1. The van der Waals surface area contributed by atoms with Crippen LogP contribution in [0, 0.1) is 13.8 Å². The zero-order valence-electron chi connectivity index (χ0n) is 10.6. The third-order valence-electron chi connectivity index (χ3n) is 2.79. The van der Waals surface area contributed by atoms with Crippen LogP contribution in [0.1, 0.15) is 16.7 Å². The average Bonchev–Trinajstić information content (AvgIpc) is 2.35. The fourth-order valence-corrected chi connectivity index (χ4v) is 2.88. The number of halogens is 3. The summed E-state index contributed by atoms with van der Waals surface area (Å²) in [6.45, 7) is 3.96. The first kappa shape index (κ1) is 14.7. The first-order valence-corrected chi connectivity index (χ1v) is 7.51. The van der Waals surface area contributed by atoms with Crippen LogP contribution >= 0.6 is 39.1 Å². The van der Waals surface area contributed by atoms with E-state index in [1.54, 1.807) is 0 Å². The monoisotopic (exact) mass is 358 g/mol. The number of benzene rings is 2. The third-order valence-corrected chi connectivity index (χ3v) is 3.93. The molecule has 19 heavy (non-hydrogen) atoms. The van der Waals surface area contributed by atoms with Crippen LogP contribution < -0.4 is 4.74 Å². The summed E-state index contributed by atoms with van der Waals surface area (Å²) in [5.74, 6) is 2.09. The number of hydrogen-bond donors (Lipinski definition) is 0. The summed E-state index contributed by atoms with van der Waals surface area (Å²) in [5, 5.41) is 0.721. The molecule has 0 unspecified atom stereocenters. The molecule has 0 fully saturated rings. The molecule has 2 aromatic carbocycles. The minimum absolute atomic E-state index is 0.484. The van der Waals surface area contributed by atoms with E-state index in [-0.39, 0.29) is 0 Å². The van der Waals surface area contributed by atoms with E-state index in [1.165, 1.54) is 0 Å². The van der Waals surface area contributed by atoms with Crippen molar-refractivity contribution in [3.05, 3.63) is 56.5 Å². The van der Waals surface area contributed by atoms with Gasteiger partial charge in [0.2, 0.25) is 0 Å². The summed E-state index contributed by atoms with van der Waals surface area (Å²) >= 11 is 15.3. The van der Waals surface area contributed by atoms with Gasteiger partial charge in [-0.1, -0.05) is 17.7 Å². The highest BCUT2D eigenvalue weighted by Gasteiger charge is 2.09. The maximum absolute atomic E-state index is 6.02. The summed E-state index contributed by atoms with van der Waals surface area (Å²) in [6.07, 6.45) is 0. The van der Waals surface area contributed by atoms with Crippen LogP contribution in [0.3, 0.4) is 0 Å². The van der Waals surface area contributed by atoms with Gasteiger partial charge in [-0.3, -0.25) is 0 Å². The van der Waals surface area contributed by atoms with Gasteiger partial charge in [0, 0.05) is 10.9 Å². The first-order valence-electron chi connectivity index (χ1n) is 5.80. The number of hydrogen-bond acceptors (Lipinski definition) is 1. The van der Waals surface area contributed by atoms with Crippen molar-refractivity contribution in [1.82, 2.24) is 0 Å². The van der Waals surface area contributed by atoms with E-state index < -0.39 is 0 Å². The average molecular weight is 360 g/mol. The molecule has 2 aromatic rings. The Labute approximate surface area is 131 Å². The summed E-state index contributed by atoms with van der Waals surface area (Å²) in [5.41, 5.74) is 3.07. The topological polar surface area (TPSA) is 9.23 Å². The predicted octanol–water partition coefficient (Wildman–Crippen LogP) is 6.25. The van der Waals surface area contributed by atoms with Crippen molar-refractivity contribution >= 4 is 39.1 Å². The minimum Gasteiger partial charge on any atom is -0.456 e. The fourth-order valence-electron chi connectivity index (χ4n) is 1.88. The van der Waals surface area contributed by atoms with Crippen molar-refractivity contribution in [1.29, 1.82) is 0 Å². The molecule has 0 aliphatic rings. The molecule has 0 bridgehead atoms. The Balaban J connectivity index is 2.36. The first-order chi connectivity index (χ1) is 9.01. The van der Waals surface area contributed by atoms with E-state index in [4.69, 9.17) is 27.9 Å². The van der Waals surface area contributed by atoms with Gasteiger partial charge in [-0.2, -0.15) is 0 Å². The van der Waals surface area contributed by atoms with Crippen LogP contribution in [0.15, 0.2) is 34.8 Å². The largest absolute Gasteiger partial charge is 0.456 e. The van der Waals surface area contributed by atoms with Crippen molar-refractivity contribution in [3.8, 4) is 11.5 Å². The molecule has 0 aliphatic carbocycles. The molecule has 0 aromatic heterocycles. The molecule has 0 amide bonds. The van der Waals surface area contributed by atoms with E-state index in [1.807, 2.05) is 44.2 Å². The second-order valence-corrected chi connectivity index (χ2v) is 5.93. The van der Waals surface area contributed by atoms with Crippen molar-refractivity contribution in [2.24, 2.45) is 0 Å². The highest BCUT2D eigenvalue weighted by molar-refractivity contribution is 9.10. The van der Waals surface area contributed by atoms with Crippen molar-refractivity contribution in [2.75, 3.05) is 0 Å². The van der Waals surface area contributed by atoms with Gasteiger partial charge in [0.1, 0.15) is 11.5 Å². The predicted molar refractivity (Wildman–Crippen MR) is 84.7 cm³/mol. The van der Waals surface area contributed by atoms with Gasteiger partial charge < -0.3 is 4.74 Å². The highest BCUT2D eigenvalue weighted by Crippen LogP contribution is 2.35. The molecule has 0 atom stereocenters. The van der Waals surface area contributed by atoms with Gasteiger partial charge in [-0.25, -0.2) is 0 Å². The lowest BCUT2D eigenvalue weighted by atomic mass is 10.1. The van der Waals surface area contributed by atoms with E-state index in [2.05, 4.69) is 15.9 Å². The van der Waals surface area contributed by atoms with E-state index in [0.717, 1.165) is 37.7 Å². The molecule has 2 rings (SSSR count). The van der Waals surface area contributed by atoms with Gasteiger partial charge in [-0.15, -0.1) is 11.6 Å². The standard InChI is InChI=1S/C15H13BrCl2O/c1-9-5-12(18)6-10(2)15(9)19-14-4-3-11(8-17)7-13(14)16/h3-7H,8H2,1-2H3. The number of aryl methyl sites for hydroxylation is 2. The van der Waals surface area contributed by atoms with Crippen LogP contribution in [0.4, 0.5) is 0 Å². The maximum atomic E-state index is 6.02. The molecule has 0 spiro atoms.